The second-order valence-corrected chi connectivity index (χ2v) is 20.9. The molecule has 0 aliphatic heterocycles. The second-order valence-electron chi connectivity index (χ2n) is 20.9. The molecule has 0 saturated carbocycles. The minimum atomic E-state index is -0.791. The molecule has 6 heteroatoms. The molecule has 0 heterocycles. The maximum Gasteiger partial charge on any atom is 0.306 e. The highest BCUT2D eigenvalue weighted by Gasteiger charge is 2.19. The highest BCUT2D eigenvalue weighted by atomic mass is 16.6. The number of esters is 3. The monoisotopic (exact) mass is 1050 g/mol. The van der Waals surface area contributed by atoms with Gasteiger partial charge in [0, 0.05) is 19.3 Å². The van der Waals surface area contributed by atoms with Crippen LogP contribution in [0.3, 0.4) is 0 Å². The standard InChI is InChI=1S/C70H118O6/c1-4-7-10-13-16-19-22-25-28-30-32-34-35-37-38-40-42-45-48-51-54-57-60-63-69(72)75-66-67(65-74-68(71)62-59-56-53-50-47-44-27-24-21-18-15-12-9-6-3)76-70(73)64-61-58-55-52-49-46-43-41-39-36-33-31-29-26-23-20-17-14-11-8-5-2/h7-8,10-11,16-17,19-20,24-29,32-34,36,67H,4-6,9,12-15,18,21-23,30-31,35,37-66H2,1-3H3/b10-7-,11-8-,19-16-,20-17-,27-24-,28-25-,29-26-,34-32-,36-33-. The van der Waals surface area contributed by atoms with Gasteiger partial charge in [-0.1, -0.05) is 265 Å². The fraction of sp³-hybridized carbons (Fsp3) is 0.700. The Morgan fingerprint density at radius 3 is 0.816 bits per heavy atom. The quantitative estimate of drug-likeness (QED) is 0.0261. The van der Waals surface area contributed by atoms with Crippen LogP contribution in [0.2, 0.25) is 0 Å². The van der Waals surface area contributed by atoms with Gasteiger partial charge >= 0.3 is 17.9 Å². The number of rotatable bonds is 57. The third-order valence-electron chi connectivity index (χ3n) is 13.5. The maximum atomic E-state index is 12.9. The van der Waals surface area contributed by atoms with Crippen LogP contribution in [0.5, 0.6) is 0 Å². The van der Waals surface area contributed by atoms with Gasteiger partial charge in [-0.05, 0) is 122 Å². The van der Waals surface area contributed by atoms with Gasteiger partial charge in [-0.3, -0.25) is 14.4 Å². The topological polar surface area (TPSA) is 78.9 Å². The molecule has 0 aromatic rings. The molecule has 0 radical (unpaired) electrons. The molecule has 0 fully saturated rings. The smallest absolute Gasteiger partial charge is 0.306 e. The molecule has 0 aliphatic carbocycles. The van der Waals surface area contributed by atoms with Gasteiger partial charge in [-0.2, -0.15) is 0 Å². The zero-order valence-corrected chi connectivity index (χ0v) is 49.7. The Morgan fingerprint density at radius 1 is 0.276 bits per heavy atom. The highest BCUT2D eigenvalue weighted by molar-refractivity contribution is 5.71. The van der Waals surface area contributed by atoms with Crippen molar-refractivity contribution in [3.63, 3.8) is 0 Å². The van der Waals surface area contributed by atoms with Crippen molar-refractivity contribution in [2.75, 3.05) is 13.2 Å². The molecule has 1 atom stereocenters. The number of unbranched alkanes of at least 4 members (excludes halogenated alkanes) is 28. The predicted molar refractivity (Wildman–Crippen MR) is 330 cm³/mol. The number of allylic oxidation sites excluding steroid dienone is 18. The van der Waals surface area contributed by atoms with Gasteiger partial charge in [0.25, 0.3) is 0 Å². The second kappa shape index (κ2) is 63.6. The predicted octanol–water partition coefficient (Wildman–Crippen LogP) is 21.8. The first-order valence-corrected chi connectivity index (χ1v) is 31.9. The van der Waals surface area contributed by atoms with Crippen LogP contribution in [0.25, 0.3) is 0 Å². The van der Waals surface area contributed by atoms with E-state index in [1.54, 1.807) is 0 Å². The molecular formula is C70H118O6. The third-order valence-corrected chi connectivity index (χ3v) is 13.5. The zero-order valence-electron chi connectivity index (χ0n) is 49.7. The molecule has 434 valence electrons. The minimum absolute atomic E-state index is 0.0864. The summed E-state index contributed by atoms with van der Waals surface area (Å²) in [7, 11) is 0. The summed E-state index contributed by atoms with van der Waals surface area (Å²) in [4.78, 5) is 38.3. The number of hydrogen-bond acceptors (Lipinski definition) is 6. The summed E-state index contributed by atoms with van der Waals surface area (Å²) in [5.74, 6) is -0.899. The number of carbonyl (C=O) groups is 3. The normalized spacial score (nSPS) is 12.8. The van der Waals surface area contributed by atoms with Crippen LogP contribution in [0, 0.1) is 0 Å². The van der Waals surface area contributed by atoms with Crippen molar-refractivity contribution in [3.8, 4) is 0 Å². The van der Waals surface area contributed by atoms with E-state index in [2.05, 4.69) is 130 Å². The van der Waals surface area contributed by atoms with Crippen molar-refractivity contribution >= 4 is 17.9 Å². The van der Waals surface area contributed by atoms with E-state index in [4.69, 9.17) is 14.2 Å². The van der Waals surface area contributed by atoms with E-state index in [0.29, 0.717) is 19.3 Å². The Balaban J connectivity index is 4.38. The summed E-state index contributed by atoms with van der Waals surface area (Å²) in [5, 5.41) is 0. The summed E-state index contributed by atoms with van der Waals surface area (Å²) >= 11 is 0. The minimum Gasteiger partial charge on any atom is -0.462 e. The van der Waals surface area contributed by atoms with Crippen molar-refractivity contribution in [1.29, 1.82) is 0 Å². The van der Waals surface area contributed by atoms with Crippen LogP contribution in [-0.2, 0) is 28.6 Å². The van der Waals surface area contributed by atoms with E-state index in [0.717, 1.165) is 122 Å². The lowest BCUT2D eigenvalue weighted by atomic mass is 10.1. The molecule has 0 aromatic carbocycles. The van der Waals surface area contributed by atoms with Crippen molar-refractivity contribution in [2.45, 2.75) is 303 Å². The summed E-state index contributed by atoms with van der Waals surface area (Å²) in [6.45, 7) is 6.41. The van der Waals surface area contributed by atoms with Crippen LogP contribution in [0.15, 0.2) is 109 Å². The fourth-order valence-corrected chi connectivity index (χ4v) is 8.77. The van der Waals surface area contributed by atoms with Crippen molar-refractivity contribution < 1.29 is 28.6 Å². The molecule has 0 rings (SSSR count). The van der Waals surface area contributed by atoms with Gasteiger partial charge in [0.05, 0.1) is 0 Å². The van der Waals surface area contributed by atoms with E-state index in [1.165, 1.54) is 135 Å². The SMILES string of the molecule is CC/C=C\C/C=C\C/C=C\C/C=C\CCCCCCCCCCCCC(=O)OCC(COC(=O)CCCCCCC/C=C\CCCCCCC)OC(=O)CCCCCCCCCC/C=C\C/C=C\C/C=C\C/C=C\CC. The van der Waals surface area contributed by atoms with E-state index in [1.807, 2.05) is 0 Å². The Morgan fingerprint density at radius 2 is 0.513 bits per heavy atom. The highest BCUT2D eigenvalue weighted by Crippen LogP contribution is 2.16. The van der Waals surface area contributed by atoms with Crippen molar-refractivity contribution in [2.24, 2.45) is 0 Å². The lowest BCUT2D eigenvalue weighted by Gasteiger charge is -2.18. The van der Waals surface area contributed by atoms with Gasteiger partial charge in [0.15, 0.2) is 6.10 Å². The Bertz CT molecular complexity index is 1540. The molecular weight excluding hydrogens is 937 g/mol. The lowest BCUT2D eigenvalue weighted by Crippen LogP contribution is -2.30. The first-order chi connectivity index (χ1) is 37.5. The van der Waals surface area contributed by atoms with Gasteiger partial charge in [-0.25, -0.2) is 0 Å². The lowest BCUT2D eigenvalue weighted by molar-refractivity contribution is -0.167. The summed E-state index contributed by atoms with van der Waals surface area (Å²) in [6, 6.07) is 0. The summed E-state index contributed by atoms with van der Waals surface area (Å²) < 4.78 is 16.9. The maximum absolute atomic E-state index is 12.9. The van der Waals surface area contributed by atoms with Crippen LogP contribution in [-0.4, -0.2) is 37.2 Å². The fourth-order valence-electron chi connectivity index (χ4n) is 8.77. The molecule has 0 amide bonds. The van der Waals surface area contributed by atoms with E-state index in [-0.39, 0.29) is 31.1 Å². The first-order valence-electron chi connectivity index (χ1n) is 31.9. The molecule has 76 heavy (non-hydrogen) atoms. The Kier molecular flexibility index (Phi) is 60.3. The van der Waals surface area contributed by atoms with Gasteiger partial charge < -0.3 is 14.2 Å². The summed E-state index contributed by atoms with van der Waals surface area (Å²) in [5.41, 5.74) is 0. The van der Waals surface area contributed by atoms with Gasteiger partial charge in [0.2, 0.25) is 0 Å². The zero-order chi connectivity index (χ0) is 55.0. The van der Waals surface area contributed by atoms with Gasteiger partial charge in [0.1, 0.15) is 13.2 Å². The molecule has 0 saturated heterocycles. The average molecular weight is 1060 g/mol. The molecule has 0 aromatic heterocycles. The largest absolute Gasteiger partial charge is 0.462 e. The molecule has 0 aliphatic rings. The molecule has 6 nitrogen and oxygen atoms in total. The van der Waals surface area contributed by atoms with Gasteiger partial charge in [-0.15, -0.1) is 0 Å². The molecule has 0 N–H and O–H groups in total. The van der Waals surface area contributed by atoms with Crippen LogP contribution < -0.4 is 0 Å². The van der Waals surface area contributed by atoms with Crippen LogP contribution in [0.4, 0.5) is 0 Å². The van der Waals surface area contributed by atoms with E-state index >= 15 is 0 Å². The number of carbonyl (C=O) groups excluding carboxylic acids is 3. The van der Waals surface area contributed by atoms with Crippen molar-refractivity contribution in [1.82, 2.24) is 0 Å². The molecule has 0 spiro atoms. The Labute approximate surface area is 470 Å². The average Bonchev–Trinajstić information content (AvgIpc) is 3.42. The molecule has 0 bridgehead atoms. The van der Waals surface area contributed by atoms with E-state index in [9.17, 15) is 14.4 Å². The van der Waals surface area contributed by atoms with Crippen molar-refractivity contribution in [3.05, 3.63) is 109 Å². The molecule has 1 unspecified atom stereocenters. The number of ether oxygens (including phenoxy) is 3. The Hall–Kier alpha value is -3.93. The van der Waals surface area contributed by atoms with E-state index < -0.39 is 6.10 Å². The van der Waals surface area contributed by atoms with Crippen LogP contribution >= 0.6 is 0 Å². The van der Waals surface area contributed by atoms with Crippen LogP contribution in [0.1, 0.15) is 297 Å². The third kappa shape index (κ3) is 60.9. The first kappa shape index (κ1) is 72.1. The summed E-state index contributed by atoms with van der Waals surface area (Å²) in [6.07, 6.45) is 86.6. The number of hydrogen-bond donors (Lipinski definition) is 0.